The number of rotatable bonds is 50. The van der Waals surface area contributed by atoms with E-state index in [2.05, 4.69) is 19.2 Å². The molecule has 0 radical (unpaired) electrons. The lowest BCUT2D eigenvalue weighted by Gasteiger charge is -2.25. The highest BCUT2D eigenvalue weighted by molar-refractivity contribution is 7.45. The first-order valence-corrected chi connectivity index (χ1v) is 27.9. The van der Waals surface area contributed by atoms with Crippen molar-refractivity contribution in [1.82, 2.24) is 10.2 Å². The highest BCUT2D eigenvalue weighted by Gasteiger charge is 2.23. The molecule has 0 saturated heterocycles. The van der Waals surface area contributed by atoms with Crippen molar-refractivity contribution in [2.24, 2.45) is 0 Å². The van der Waals surface area contributed by atoms with Crippen LogP contribution in [0.2, 0.25) is 0 Å². The molecule has 3 amide bonds. The third kappa shape index (κ3) is 39.8. The second-order valence-electron chi connectivity index (χ2n) is 17.9. The first-order chi connectivity index (χ1) is 32.6. The fourth-order valence-electron chi connectivity index (χ4n) is 7.70. The quantitative estimate of drug-likeness (QED) is 0.0262. The van der Waals surface area contributed by atoms with E-state index in [0.717, 1.165) is 43.4 Å². The van der Waals surface area contributed by atoms with Gasteiger partial charge in [0.05, 0.1) is 39.6 Å². The van der Waals surface area contributed by atoms with Crippen molar-refractivity contribution in [2.45, 2.75) is 225 Å². The fourth-order valence-corrected chi connectivity index (χ4v) is 8.44. The van der Waals surface area contributed by atoms with Crippen LogP contribution < -0.4 is 10.2 Å². The maximum Gasteiger partial charge on any atom is 0.306 e. The summed E-state index contributed by atoms with van der Waals surface area (Å²) in [4.78, 5) is 74.2. The van der Waals surface area contributed by atoms with Crippen LogP contribution in [0.4, 0.5) is 0 Å². The zero-order chi connectivity index (χ0) is 48.9. The van der Waals surface area contributed by atoms with Gasteiger partial charge in [0.1, 0.15) is 13.2 Å². The van der Waals surface area contributed by atoms with Gasteiger partial charge in [-0.3, -0.25) is 33.4 Å². The van der Waals surface area contributed by atoms with Gasteiger partial charge in [0.15, 0.2) is 6.10 Å². The maximum absolute atomic E-state index is 12.8. The van der Waals surface area contributed by atoms with E-state index >= 15 is 0 Å². The lowest BCUT2D eigenvalue weighted by molar-refractivity contribution is -0.228. The van der Waals surface area contributed by atoms with Crippen LogP contribution in [0.3, 0.4) is 0 Å². The number of esters is 2. The molecule has 0 fully saturated rings. The van der Waals surface area contributed by atoms with Crippen molar-refractivity contribution < 1.29 is 61.4 Å². The number of ether oxygens (including phenoxy) is 4. The van der Waals surface area contributed by atoms with E-state index in [0.29, 0.717) is 12.8 Å². The molecule has 0 saturated carbocycles. The summed E-state index contributed by atoms with van der Waals surface area (Å²) >= 11 is 0. The van der Waals surface area contributed by atoms with Crippen molar-refractivity contribution in [3.63, 3.8) is 0 Å². The number of phosphoric ester groups is 1. The molecule has 2 atom stereocenters. The summed E-state index contributed by atoms with van der Waals surface area (Å²) in [6.45, 7) is 3.10. The molecular formula is C51H92N2O13P-. The Morgan fingerprint density at radius 1 is 0.552 bits per heavy atom. The second-order valence-corrected chi connectivity index (χ2v) is 19.4. The van der Waals surface area contributed by atoms with Gasteiger partial charge in [0.25, 0.3) is 19.6 Å². The molecule has 67 heavy (non-hydrogen) atoms. The number of hydrogen-bond donors (Lipinski definition) is 1. The minimum atomic E-state index is -4.88. The third-order valence-corrected chi connectivity index (χ3v) is 12.7. The molecule has 0 aromatic carbocycles. The van der Waals surface area contributed by atoms with E-state index in [1.54, 1.807) is 0 Å². The van der Waals surface area contributed by atoms with Crippen LogP contribution >= 0.6 is 7.82 Å². The number of carbonyl (C=O) groups is 5. The number of unbranched alkanes of at least 4 members (excludes halogenated alkanes) is 28. The molecule has 1 aliphatic heterocycles. The molecule has 1 aliphatic rings. The molecule has 16 heteroatoms. The van der Waals surface area contributed by atoms with Gasteiger partial charge >= 0.3 is 11.9 Å². The van der Waals surface area contributed by atoms with E-state index < -0.39 is 56.8 Å². The molecule has 15 nitrogen and oxygen atoms in total. The number of phosphoric acid groups is 1. The third-order valence-electron chi connectivity index (χ3n) is 11.8. The van der Waals surface area contributed by atoms with Gasteiger partial charge in [0.2, 0.25) is 5.91 Å². The zero-order valence-corrected chi connectivity index (χ0v) is 42.8. The molecule has 2 unspecified atom stereocenters. The fraction of sp³-hybridized carbons (Fsp3) is 0.863. The Balaban J connectivity index is 2.34. The van der Waals surface area contributed by atoms with Gasteiger partial charge in [0, 0.05) is 31.5 Å². The lowest BCUT2D eigenvalue weighted by Crippen LogP contribution is -2.33. The van der Waals surface area contributed by atoms with Crippen LogP contribution in [0.25, 0.3) is 0 Å². The SMILES string of the molecule is CCCCCCCCCCCCCCCCCC(=O)OCC(COP(=O)([O-])OCCNC(=O)COCCOCCN1C(=O)C=CC1=O)OC(=O)CCCCCCCCCCCCCCCCC. The summed E-state index contributed by atoms with van der Waals surface area (Å²) in [5.74, 6) is -2.27. The van der Waals surface area contributed by atoms with Gasteiger partial charge < -0.3 is 38.2 Å². The second kappa shape index (κ2) is 44.5. The van der Waals surface area contributed by atoms with Crippen molar-refractivity contribution in [2.75, 3.05) is 59.3 Å². The van der Waals surface area contributed by atoms with Gasteiger partial charge in [-0.05, 0) is 12.8 Å². The Labute approximate surface area is 404 Å². The maximum atomic E-state index is 12.8. The molecule has 1 rings (SSSR count). The first kappa shape index (κ1) is 62.3. The number of amides is 3. The van der Waals surface area contributed by atoms with Crippen LogP contribution in [-0.4, -0.2) is 100 Å². The lowest BCUT2D eigenvalue weighted by atomic mass is 10.0. The van der Waals surface area contributed by atoms with Crippen molar-refractivity contribution in [1.29, 1.82) is 0 Å². The summed E-state index contributed by atoms with van der Waals surface area (Å²) in [7, 11) is -4.88. The smallest absolute Gasteiger partial charge is 0.306 e. The Bertz CT molecular complexity index is 1330. The van der Waals surface area contributed by atoms with Crippen molar-refractivity contribution in [3.05, 3.63) is 12.2 Å². The largest absolute Gasteiger partial charge is 0.756 e. The van der Waals surface area contributed by atoms with E-state index in [4.69, 9.17) is 28.0 Å². The Kier molecular flexibility index (Phi) is 41.4. The van der Waals surface area contributed by atoms with E-state index in [-0.39, 0.29) is 59.0 Å². The highest BCUT2D eigenvalue weighted by Crippen LogP contribution is 2.38. The zero-order valence-electron chi connectivity index (χ0n) is 41.9. The Morgan fingerprint density at radius 3 is 1.43 bits per heavy atom. The van der Waals surface area contributed by atoms with Crippen molar-refractivity contribution >= 4 is 37.5 Å². The standard InChI is InChI=1S/C51H93N2O13P/c1-3-5-7-9-11-13-15-17-19-21-23-25-27-29-31-33-50(57)63-43-46(66-51(58)34-32-30-28-26-24-22-20-18-16-14-12-10-8-6-4-2)44-65-67(59,60)64-39-37-52-47(54)45-62-42-41-61-40-38-53-48(55)35-36-49(53)56/h35-36,46H,3-34,37-45H2,1-2H3,(H,52,54)(H,59,60)/p-1. The van der Waals surface area contributed by atoms with Crippen LogP contribution in [0.15, 0.2) is 12.2 Å². The summed E-state index contributed by atoms with van der Waals surface area (Å²) in [5.41, 5.74) is 0. The summed E-state index contributed by atoms with van der Waals surface area (Å²) in [6.07, 6.45) is 37.9. The summed E-state index contributed by atoms with van der Waals surface area (Å²) < 4.78 is 44.0. The Hall–Kier alpha value is -2.68. The van der Waals surface area contributed by atoms with E-state index in [9.17, 15) is 33.4 Å². The topological polar surface area (TPSA) is 196 Å². The average molecular weight is 972 g/mol. The summed E-state index contributed by atoms with van der Waals surface area (Å²) in [6, 6.07) is 0. The number of nitrogens with one attached hydrogen (secondary N) is 1. The normalized spacial score (nSPS) is 13.9. The molecule has 0 aliphatic carbocycles. The number of carbonyl (C=O) groups excluding carboxylic acids is 5. The first-order valence-electron chi connectivity index (χ1n) is 26.5. The average Bonchev–Trinajstić information content (AvgIpc) is 3.63. The molecular weight excluding hydrogens is 880 g/mol. The minimum absolute atomic E-state index is 0.0771. The molecule has 390 valence electrons. The van der Waals surface area contributed by atoms with Gasteiger partial charge in [-0.15, -0.1) is 0 Å². The predicted molar refractivity (Wildman–Crippen MR) is 260 cm³/mol. The van der Waals surface area contributed by atoms with E-state index in [1.807, 2.05) is 0 Å². The number of nitrogens with zero attached hydrogens (tertiary/aromatic N) is 1. The Morgan fingerprint density at radius 2 is 0.970 bits per heavy atom. The molecule has 1 heterocycles. The highest BCUT2D eigenvalue weighted by atomic mass is 31.2. The number of hydrogen-bond acceptors (Lipinski definition) is 13. The molecule has 0 spiro atoms. The van der Waals surface area contributed by atoms with E-state index in [1.165, 1.54) is 153 Å². The van der Waals surface area contributed by atoms with Crippen molar-refractivity contribution in [3.8, 4) is 0 Å². The predicted octanol–water partition coefficient (Wildman–Crippen LogP) is 10.5. The van der Waals surface area contributed by atoms with Crippen LogP contribution in [0, 0.1) is 0 Å². The summed E-state index contributed by atoms with van der Waals surface area (Å²) in [5, 5.41) is 2.47. The number of imide groups is 1. The van der Waals surface area contributed by atoms with Gasteiger partial charge in [-0.2, -0.15) is 0 Å². The monoisotopic (exact) mass is 972 g/mol. The van der Waals surface area contributed by atoms with Crippen LogP contribution in [0.5, 0.6) is 0 Å². The molecule has 0 aromatic rings. The minimum Gasteiger partial charge on any atom is -0.756 e. The van der Waals surface area contributed by atoms with Crippen LogP contribution in [-0.2, 0) is 56.5 Å². The van der Waals surface area contributed by atoms with Crippen LogP contribution in [0.1, 0.15) is 219 Å². The molecule has 0 aromatic heterocycles. The molecule has 1 N–H and O–H groups in total. The van der Waals surface area contributed by atoms with Gasteiger partial charge in [-0.1, -0.05) is 194 Å². The van der Waals surface area contributed by atoms with Gasteiger partial charge in [-0.25, -0.2) is 0 Å². The molecule has 0 bridgehead atoms.